The highest BCUT2D eigenvalue weighted by atomic mass is 19.1. The number of benzene rings is 2. The molecule has 0 radical (unpaired) electrons. The lowest BCUT2D eigenvalue weighted by molar-refractivity contribution is -0.670. The van der Waals surface area contributed by atoms with Crippen LogP contribution in [0.5, 0.6) is 0 Å². The molecule has 1 aliphatic rings. The summed E-state index contributed by atoms with van der Waals surface area (Å²) >= 11 is 0. The predicted molar refractivity (Wildman–Crippen MR) is 84.3 cm³/mol. The van der Waals surface area contributed by atoms with E-state index < -0.39 is 5.63 Å². The highest BCUT2D eigenvalue weighted by molar-refractivity contribution is 6.01. The zero-order valence-corrected chi connectivity index (χ0v) is 12.6. The fourth-order valence-electron chi connectivity index (χ4n) is 2.70. The van der Waals surface area contributed by atoms with Gasteiger partial charge in [0.15, 0.2) is 0 Å². The lowest BCUT2D eigenvalue weighted by atomic mass is 9.99. The molecule has 2 N–H and O–H groups in total. The number of nitrogens with zero attached hydrogens (tertiary/aromatic N) is 2. The third-order valence-corrected chi connectivity index (χ3v) is 3.98. The van der Waals surface area contributed by atoms with Crippen LogP contribution in [0.3, 0.4) is 0 Å². The highest BCUT2D eigenvalue weighted by Gasteiger charge is 2.21. The maximum Gasteiger partial charge on any atom is 0.427 e. The summed E-state index contributed by atoms with van der Waals surface area (Å²) in [6.45, 7) is 0. The number of hydrogen-bond acceptors (Lipinski definition) is 4. The molecule has 24 heavy (non-hydrogen) atoms. The summed E-state index contributed by atoms with van der Waals surface area (Å²) in [5.41, 5.74) is 6.35. The Morgan fingerprint density at radius 2 is 1.88 bits per heavy atom. The zero-order chi connectivity index (χ0) is 16.5. The number of aromatic nitrogens is 2. The third kappa shape index (κ3) is 2.71. The normalized spacial score (nSPS) is 16.7. The molecule has 2 heterocycles. The molecule has 3 aromatic rings. The highest BCUT2D eigenvalue weighted by Crippen LogP contribution is 2.24. The number of halogens is 1. The van der Waals surface area contributed by atoms with Gasteiger partial charge in [-0.15, -0.1) is 0 Å². The van der Waals surface area contributed by atoms with Crippen molar-refractivity contribution in [3.8, 4) is 5.69 Å². The largest absolute Gasteiger partial charge is 0.427 e. The molecule has 0 spiro atoms. The minimum absolute atomic E-state index is 0.0416. The van der Waals surface area contributed by atoms with Crippen LogP contribution in [0, 0.1) is 5.82 Å². The van der Waals surface area contributed by atoms with Crippen molar-refractivity contribution in [1.29, 1.82) is 0 Å². The minimum Gasteiger partial charge on any atom is -0.302 e. The van der Waals surface area contributed by atoms with Crippen LogP contribution < -0.4 is 15.7 Å². The van der Waals surface area contributed by atoms with Gasteiger partial charge in [0.1, 0.15) is 5.82 Å². The molecule has 0 saturated heterocycles. The Labute approximate surface area is 136 Å². The molecule has 0 amide bonds. The number of hydrazone groups is 1. The topological polar surface area (TPSA) is 74.3 Å². The van der Waals surface area contributed by atoms with Gasteiger partial charge in [-0.2, -0.15) is 5.10 Å². The van der Waals surface area contributed by atoms with Gasteiger partial charge < -0.3 is 5.43 Å². The van der Waals surface area contributed by atoms with Gasteiger partial charge in [0, 0.05) is 18.6 Å². The van der Waals surface area contributed by atoms with Crippen molar-refractivity contribution in [3.63, 3.8) is 0 Å². The van der Waals surface area contributed by atoms with Crippen LogP contribution >= 0.6 is 0 Å². The first kappa shape index (κ1) is 14.4. The van der Waals surface area contributed by atoms with E-state index in [0.717, 1.165) is 28.9 Å². The van der Waals surface area contributed by atoms with Gasteiger partial charge in [-0.1, -0.05) is 12.1 Å². The fourth-order valence-corrected chi connectivity index (χ4v) is 2.70. The van der Waals surface area contributed by atoms with E-state index in [4.69, 9.17) is 0 Å². The third-order valence-electron chi connectivity index (χ3n) is 3.98. The monoisotopic (exact) mass is 325 g/mol. The first-order valence-corrected chi connectivity index (χ1v) is 7.47. The lowest BCUT2D eigenvalue weighted by Gasteiger charge is -2.09. The number of hydrogen-bond donors (Lipinski definition) is 2. The minimum atomic E-state index is -0.439. The van der Waals surface area contributed by atoms with Gasteiger partial charge in [-0.25, -0.2) is 9.18 Å². The van der Waals surface area contributed by atoms with Gasteiger partial charge in [-0.05, 0) is 45.3 Å². The zero-order valence-electron chi connectivity index (χ0n) is 12.6. The predicted octanol–water partition coefficient (Wildman–Crippen LogP) is 1.82. The molecule has 0 fully saturated rings. The van der Waals surface area contributed by atoms with Gasteiger partial charge in [0.2, 0.25) is 5.69 Å². The van der Waals surface area contributed by atoms with Gasteiger partial charge in [0.25, 0.3) is 6.20 Å². The van der Waals surface area contributed by atoms with Crippen molar-refractivity contribution in [3.05, 3.63) is 82.1 Å². The molecule has 120 valence electrons. The van der Waals surface area contributed by atoms with Crippen LogP contribution in [0.2, 0.25) is 0 Å². The maximum absolute atomic E-state index is 13.0. The van der Waals surface area contributed by atoms with E-state index in [2.05, 4.69) is 20.3 Å². The standard InChI is InChI=1S/C17H13FN4O2/c18-13-5-1-11(2-6-13)15-9-16(20-19-15)12-3-7-14(8-4-12)22-10-17(23)24-21-22/h1-8,10,15H,9H2,(H-,19,21,23)/p+1. The first-order chi connectivity index (χ1) is 11.7. The SMILES string of the molecule is O=c1c[n+](-c2ccc(C3=NNC(c4ccc(F)cc4)C3)cc2)[nH]o1. The van der Waals surface area contributed by atoms with E-state index >= 15 is 0 Å². The maximum atomic E-state index is 13.0. The van der Waals surface area contributed by atoms with Crippen LogP contribution in [-0.4, -0.2) is 11.0 Å². The summed E-state index contributed by atoms with van der Waals surface area (Å²) in [4.78, 5) is 11.1. The van der Waals surface area contributed by atoms with Crippen LogP contribution in [0.4, 0.5) is 4.39 Å². The average Bonchev–Trinajstić information content (AvgIpc) is 3.25. The Balaban J connectivity index is 1.50. The second-order valence-corrected chi connectivity index (χ2v) is 5.55. The molecule has 2 aromatic carbocycles. The Morgan fingerprint density at radius 1 is 1.12 bits per heavy atom. The van der Waals surface area contributed by atoms with Gasteiger partial charge in [-0.3, -0.25) is 4.52 Å². The number of nitrogens with one attached hydrogen (secondary N) is 2. The summed E-state index contributed by atoms with van der Waals surface area (Å²) in [7, 11) is 0. The summed E-state index contributed by atoms with van der Waals surface area (Å²) in [5, 5.41) is 6.88. The van der Waals surface area contributed by atoms with E-state index in [1.54, 1.807) is 12.1 Å². The Morgan fingerprint density at radius 3 is 2.54 bits per heavy atom. The molecule has 1 aliphatic heterocycles. The summed E-state index contributed by atoms with van der Waals surface area (Å²) < 4.78 is 19.2. The Bertz CT molecular complexity index is 942. The number of H-pyrrole nitrogens is 1. The smallest absolute Gasteiger partial charge is 0.302 e. The Hall–Kier alpha value is -3.22. The molecule has 6 nitrogen and oxygen atoms in total. The van der Waals surface area contributed by atoms with Crippen molar-refractivity contribution in [1.82, 2.24) is 10.7 Å². The van der Waals surface area contributed by atoms with Crippen molar-refractivity contribution < 1.29 is 13.6 Å². The van der Waals surface area contributed by atoms with E-state index in [1.165, 1.54) is 23.0 Å². The van der Waals surface area contributed by atoms with E-state index in [-0.39, 0.29) is 11.9 Å². The average molecular weight is 325 g/mol. The molecule has 0 bridgehead atoms. The molecule has 1 atom stereocenters. The fraction of sp³-hybridized carbons (Fsp3) is 0.118. The van der Waals surface area contributed by atoms with Crippen molar-refractivity contribution >= 4 is 5.71 Å². The molecular weight excluding hydrogens is 311 g/mol. The van der Waals surface area contributed by atoms with Gasteiger partial charge in [0.05, 0.1) is 11.8 Å². The second kappa shape index (κ2) is 5.77. The van der Waals surface area contributed by atoms with E-state index in [9.17, 15) is 9.18 Å². The van der Waals surface area contributed by atoms with E-state index in [0.29, 0.717) is 0 Å². The summed E-state index contributed by atoms with van der Waals surface area (Å²) in [6, 6.07) is 14.1. The molecule has 1 unspecified atom stereocenters. The lowest BCUT2D eigenvalue weighted by Crippen LogP contribution is -2.32. The first-order valence-electron chi connectivity index (χ1n) is 7.47. The summed E-state index contributed by atoms with van der Waals surface area (Å²) in [5.74, 6) is -0.247. The summed E-state index contributed by atoms with van der Waals surface area (Å²) in [6.07, 6.45) is 2.05. The molecular formula is C17H14FN4O2+. The van der Waals surface area contributed by atoms with Crippen LogP contribution in [-0.2, 0) is 0 Å². The van der Waals surface area contributed by atoms with Crippen molar-refractivity contribution in [2.45, 2.75) is 12.5 Å². The van der Waals surface area contributed by atoms with Crippen molar-refractivity contribution in [2.24, 2.45) is 5.10 Å². The Kier molecular flexibility index (Phi) is 3.45. The van der Waals surface area contributed by atoms with Gasteiger partial charge >= 0.3 is 5.63 Å². The van der Waals surface area contributed by atoms with Crippen LogP contribution in [0.1, 0.15) is 23.6 Å². The van der Waals surface area contributed by atoms with Crippen LogP contribution in [0.15, 0.2) is 69.1 Å². The van der Waals surface area contributed by atoms with E-state index in [1.807, 2.05) is 24.3 Å². The number of aromatic amines is 1. The second-order valence-electron chi connectivity index (χ2n) is 5.55. The van der Waals surface area contributed by atoms with Crippen LogP contribution in [0.25, 0.3) is 5.69 Å². The van der Waals surface area contributed by atoms with Crippen molar-refractivity contribution in [2.75, 3.05) is 0 Å². The molecule has 1 aromatic heterocycles. The molecule has 0 aliphatic carbocycles. The molecule has 0 saturated carbocycles. The quantitative estimate of drug-likeness (QED) is 0.722. The molecule has 4 rings (SSSR count). The molecule has 7 heteroatoms. The number of rotatable bonds is 3.